The molecule has 26 heavy (non-hydrogen) atoms. The zero-order valence-electron chi connectivity index (χ0n) is 14.6. The molecular weight excluding hydrogens is 361 g/mol. The Hall–Kier alpha value is -2.22. The van der Waals surface area contributed by atoms with E-state index in [4.69, 9.17) is 0 Å². The second-order valence-electron chi connectivity index (χ2n) is 6.35. The van der Waals surface area contributed by atoms with Crippen molar-refractivity contribution in [2.24, 2.45) is 0 Å². The van der Waals surface area contributed by atoms with Gasteiger partial charge in [-0.1, -0.05) is 6.07 Å². The van der Waals surface area contributed by atoms with Crippen LogP contribution in [0.4, 0.5) is 24.8 Å². The van der Waals surface area contributed by atoms with Gasteiger partial charge in [-0.2, -0.15) is 13.2 Å². The molecule has 0 radical (unpaired) electrons. The molecule has 8 heteroatoms. The van der Waals surface area contributed by atoms with Crippen LogP contribution in [0.2, 0.25) is 0 Å². The van der Waals surface area contributed by atoms with Gasteiger partial charge in [0.05, 0.1) is 5.88 Å². The maximum atomic E-state index is 12.8. The highest BCUT2D eigenvalue weighted by atomic mass is 32.2. The molecule has 1 aliphatic heterocycles. The van der Waals surface area contributed by atoms with Crippen LogP contribution in [0.15, 0.2) is 36.7 Å². The molecule has 2 heterocycles. The molecule has 3 rings (SSSR count). The number of nitrogens with one attached hydrogen (secondary N) is 1. The lowest BCUT2D eigenvalue weighted by molar-refractivity contribution is -0.141. The van der Waals surface area contributed by atoms with Gasteiger partial charge in [-0.25, -0.2) is 9.97 Å². The Bertz CT molecular complexity index is 833. The number of aryl methyl sites for hydroxylation is 1. The first-order chi connectivity index (χ1) is 12.2. The number of halogens is 3. The molecule has 0 bridgehead atoms. The number of nitrogens with zero attached hydrogens (tertiary/aromatic N) is 3. The van der Waals surface area contributed by atoms with Gasteiger partial charge in [-0.15, -0.1) is 11.8 Å². The molecule has 0 atom stereocenters. The highest BCUT2D eigenvalue weighted by Crippen LogP contribution is 2.37. The van der Waals surface area contributed by atoms with Crippen LogP contribution in [0.1, 0.15) is 30.7 Å². The van der Waals surface area contributed by atoms with Crippen molar-refractivity contribution < 1.29 is 13.2 Å². The summed E-state index contributed by atoms with van der Waals surface area (Å²) in [7, 11) is 0. The van der Waals surface area contributed by atoms with E-state index in [9.17, 15) is 13.2 Å². The maximum absolute atomic E-state index is 12.8. The normalized spacial score (nSPS) is 14.7. The molecule has 1 aromatic heterocycles. The van der Waals surface area contributed by atoms with Crippen LogP contribution < -0.4 is 5.32 Å². The molecule has 0 amide bonds. The minimum atomic E-state index is -4.50. The Labute approximate surface area is 154 Å². The SMILES string of the molecule is Cc1cc(Nc2nccc(C(F)(F)F)n2)cc(C2=CN(C(C)C)CS2)c1. The summed E-state index contributed by atoms with van der Waals surface area (Å²) in [5.41, 5.74) is 1.71. The Kier molecular flexibility index (Phi) is 5.13. The number of aromatic nitrogens is 2. The molecule has 1 N–H and O–H groups in total. The maximum Gasteiger partial charge on any atom is 0.433 e. The average Bonchev–Trinajstić information content (AvgIpc) is 3.04. The van der Waals surface area contributed by atoms with Crippen molar-refractivity contribution in [3.63, 3.8) is 0 Å². The van der Waals surface area contributed by atoms with Gasteiger partial charge in [0.1, 0.15) is 5.69 Å². The highest BCUT2D eigenvalue weighted by Gasteiger charge is 2.32. The summed E-state index contributed by atoms with van der Waals surface area (Å²) in [5.74, 6) is 0.814. The van der Waals surface area contributed by atoms with E-state index in [0.29, 0.717) is 11.7 Å². The van der Waals surface area contributed by atoms with Gasteiger partial charge in [0.2, 0.25) is 5.95 Å². The first-order valence-electron chi connectivity index (χ1n) is 8.12. The number of thioether (sulfide) groups is 1. The van der Waals surface area contributed by atoms with Crippen molar-refractivity contribution in [2.45, 2.75) is 33.0 Å². The topological polar surface area (TPSA) is 41.1 Å². The number of hydrogen-bond acceptors (Lipinski definition) is 5. The third-order valence-corrected chi connectivity index (χ3v) is 4.96. The zero-order valence-corrected chi connectivity index (χ0v) is 15.4. The molecule has 0 spiro atoms. The van der Waals surface area contributed by atoms with Gasteiger partial charge >= 0.3 is 6.18 Å². The van der Waals surface area contributed by atoms with E-state index >= 15 is 0 Å². The van der Waals surface area contributed by atoms with Gasteiger partial charge in [-0.3, -0.25) is 0 Å². The fourth-order valence-corrected chi connectivity index (χ4v) is 3.68. The van der Waals surface area contributed by atoms with Crippen molar-refractivity contribution in [2.75, 3.05) is 11.2 Å². The standard InChI is InChI=1S/C18H19F3N4S/c1-11(2)25-9-15(26-10-25)13-6-12(3)7-14(8-13)23-17-22-5-4-16(24-17)18(19,20)21/h4-9,11H,10H2,1-3H3,(H,22,23,24). The summed E-state index contributed by atoms with van der Waals surface area (Å²) < 4.78 is 38.4. The lowest BCUT2D eigenvalue weighted by Crippen LogP contribution is -2.21. The lowest BCUT2D eigenvalue weighted by atomic mass is 10.1. The van der Waals surface area contributed by atoms with Crippen LogP contribution in [0, 0.1) is 6.92 Å². The lowest BCUT2D eigenvalue weighted by Gasteiger charge is -2.18. The number of benzene rings is 1. The zero-order chi connectivity index (χ0) is 18.9. The van der Waals surface area contributed by atoms with E-state index in [1.807, 2.05) is 19.1 Å². The average molecular weight is 380 g/mol. The van der Waals surface area contributed by atoms with Crippen molar-refractivity contribution in [1.29, 1.82) is 0 Å². The summed E-state index contributed by atoms with van der Waals surface area (Å²) in [6.45, 7) is 6.21. The molecular formula is C18H19F3N4S. The molecule has 1 aromatic carbocycles. The van der Waals surface area contributed by atoms with Gasteiger partial charge in [0.25, 0.3) is 0 Å². The Morgan fingerprint density at radius 2 is 2.00 bits per heavy atom. The van der Waals surface area contributed by atoms with Crippen molar-refractivity contribution in [1.82, 2.24) is 14.9 Å². The van der Waals surface area contributed by atoms with Crippen molar-refractivity contribution in [3.8, 4) is 0 Å². The van der Waals surface area contributed by atoms with E-state index in [2.05, 4.69) is 46.3 Å². The summed E-state index contributed by atoms with van der Waals surface area (Å²) in [6.07, 6.45) is -1.28. The molecule has 0 saturated carbocycles. The van der Waals surface area contributed by atoms with Gasteiger partial charge in [0.15, 0.2) is 0 Å². The van der Waals surface area contributed by atoms with Crippen molar-refractivity contribution >= 4 is 28.3 Å². The quantitative estimate of drug-likeness (QED) is 0.783. The minimum Gasteiger partial charge on any atom is -0.364 e. The third kappa shape index (κ3) is 4.30. The molecule has 2 aromatic rings. The molecule has 4 nitrogen and oxygen atoms in total. The van der Waals surface area contributed by atoms with Crippen LogP contribution in [-0.2, 0) is 6.18 Å². The Balaban J connectivity index is 1.86. The first kappa shape index (κ1) is 18.6. The van der Waals surface area contributed by atoms with E-state index in [1.165, 1.54) is 0 Å². The fraction of sp³-hybridized carbons (Fsp3) is 0.333. The van der Waals surface area contributed by atoms with E-state index in [1.54, 1.807) is 11.8 Å². The van der Waals surface area contributed by atoms with Gasteiger partial charge in [-0.05, 0) is 50.1 Å². The molecule has 0 fully saturated rings. The van der Waals surface area contributed by atoms with Crippen LogP contribution in [0.3, 0.4) is 0 Å². The number of anilines is 2. The molecule has 0 aliphatic carbocycles. The van der Waals surface area contributed by atoms with E-state index in [0.717, 1.165) is 34.2 Å². The first-order valence-corrected chi connectivity index (χ1v) is 9.10. The largest absolute Gasteiger partial charge is 0.433 e. The summed E-state index contributed by atoms with van der Waals surface area (Å²) in [4.78, 5) is 10.8. The summed E-state index contributed by atoms with van der Waals surface area (Å²) in [5, 5.41) is 2.88. The smallest absolute Gasteiger partial charge is 0.364 e. The minimum absolute atomic E-state index is 0.0757. The van der Waals surface area contributed by atoms with Crippen LogP contribution in [-0.4, -0.2) is 26.8 Å². The molecule has 1 aliphatic rings. The predicted molar refractivity (Wildman–Crippen MR) is 98.9 cm³/mol. The molecule has 0 unspecified atom stereocenters. The van der Waals surface area contributed by atoms with Crippen LogP contribution in [0.5, 0.6) is 0 Å². The van der Waals surface area contributed by atoms with Crippen LogP contribution in [0.25, 0.3) is 4.91 Å². The molecule has 0 saturated heterocycles. The summed E-state index contributed by atoms with van der Waals surface area (Å²) in [6, 6.07) is 7.09. The van der Waals surface area contributed by atoms with Crippen LogP contribution >= 0.6 is 11.8 Å². The Morgan fingerprint density at radius 1 is 1.23 bits per heavy atom. The number of hydrogen-bond donors (Lipinski definition) is 1. The highest BCUT2D eigenvalue weighted by molar-refractivity contribution is 8.08. The second-order valence-corrected chi connectivity index (χ2v) is 7.34. The number of alkyl halides is 3. The number of rotatable bonds is 4. The van der Waals surface area contributed by atoms with Crippen molar-refractivity contribution in [3.05, 3.63) is 53.5 Å². The van der Waals surface area contributed by atoms with Gasteiger partial charge in [0, 0.05) is 29.0 Å². The summed E-state index contributed by atoms with van der Waals surface area (Å²) >= 11 is 1.74. The Morgan fingerprint density at radius 3 is 2.65 bits per heavy atom. The van der Waals surface area contributed by atoms with Gasteiger partial charge < -0.3 is 10.2 Å². The second kappa shape index (κ2) is 7.19. The molecule has 138 valence electrons. The monoisotopic (exact) mass is 380 g/mol. The van der Waals surface area contributed by atoms with E-state index in [-0.39, 0.29) is 5.95 Å². The predicted octanol–water partition coefficient (Wildman–Crippen LogP) is 5.26. The third-order valence-electron chi connectivity index (χ3n) is 3.88. The fourth-order valence-electron chi connectivity index (χ4n) is 2.53. The van der Waals surface area contributed by atoms with E-state index < -0.39 is 11.9 Å².